The van der Waals surface area contributed by atoms with E-state index in [-0.39, 0.29) is 0 Å². The number of hydrogen-bond donors (Lipinski definition) is 0. The predicted molar refractivity (Wildman–Crippen MR) is 57.8 cm³/mol. The molecule has 2 heterocycles. The summed E-state index contributed by atoms with van der Waals surface area (Å²) in [5, 5.41) is 0. The van der Waals surface area contributed by atoms with Gasteiger partial charge in [0.1, 0.15) is 0 Å². The number of rotatable bonds is 2. The Morgan fingerprint density at radius 1 is 1.20 bits per heavy atom. The SMILES string of the molecule is COc1cnc(N2CCC#CCC2)nc1. The summed E-state index contributed by atoms with van der Waals surface area (Å²) >= 11 is 0. The predicted octanol–water partition coefficient (Wildman–Crippen LogP) is 1.09. The van der Waals surface area contributed by atoms with Crippen LogP contribution in [0, 0.1) is 11.8 Å². The number of hydrogen-bond acceptors (Lipinski definition) is 4. The molecule has 1 aliphatic rings. The average Bonchev–Trinajstić information content (AvgIpc) is 2.58. The Balaban J connectivity index is 2.08. The molecule has 0 aliphatic carbocycles. The fourth-order valence-electron chi connectivity index (χ4n) is 1.45. The van der Waals surface area contributed by atoms with Crippen molar-refractivity contribution in [3.63, 3.8) is 0 Å². The van der Waals surface area contributed by atoms with Gasteiger partial charge in [0.2, 0.25) is 5.95 Å². The topological polar surface area (TPSA) is 38.2 Å². The molecular formula is C11H13N3O. The number of methoxy groups -OCH3 is 1. The zero-order valence-corrected chi connectivity index (χ0v) is 8.73. The van der Waals surface area contributed by atoms with Crippen LogP contribution in [0.5, 0.6) is 5.75 Å². The van der Waals surface area contributed by atoms with Crippen molar-refractivity contribution in [1.82, 2.24) is 9.97 Å². The monoisotopic (exact) mass is 203 g/mol. The maximum absolute atomic E-state index is 5.01. The van der Waals surface area contributed by atoms with Crippen LogP contribution < -0.4 is 9.64 Å². The fourth-order valence-corrected chi connectivity index (χ4v) is 1.45. The minimum Gasteiger partial charge on any atom is -0.494 e. The highest BCUT2D eigenvalue weighted by molar-refractivity contribution is 5.32. The van der Waals surface area contributed by atoms with Gasteiger partial charge in [-0.25, -0.2) is 9.97 Å². The highest BCUT2D eigenvalue weighted by Gasteiger charge is 2.09. The summed E-state index contributed by atoms with van der Waals surface area (Å²) in [5.41, 5.74) is 0. The molecule has 0 aromatic carbocycles. The van der Waals surface area contributed by atoms with Gasteiger partial charge in [-0.2, -0.15) is 0 Å². The molecule has 0 bridgehead atoms. The average molecular weight is 203 g/mol. The van der Waals surface area contributed by atoms with Crippen LogP contribution in [0.1, 0.15) is 12.8 Å². The second-order valence-corrected chi connectivity index (χ2v) is 3.26. The van der Waals surface area contributed by atoms with E-state index >= 15 is 0 Å². The van der Waals surface area contributed by atoms with E-state index in [9.17, 15) is 0 Å². The highest BCUT2D eigenvalue weighted by Crippen LogP contribution is 2.12. The van der Waals surface area contributed by atoms with Gasteiger partial charge in [0.15, 0.2) is 5.75 Å². The van der Waals surface area contributed by atoms with Crippen LogP contribution in [-0.2, 0) is 0 Å². The van der Waals surface area contributed by atoms with Crippen LogP contribution >= 0.6 is 0 Å². The molecule has 0 radical (unpaired) electrons. The van der Waals surface area contributed by atoms with Crippen molar-refractivity contribution < 1.29 is 4.74 Å². The third-order valence-corrected chi connectivity index (χ3v) is 2.27. The Morgan fingerprint density at radius 2 is 1.80 bits per heavy atom. The molecule has 0 spiro atoms. The molecule has 0 fully saturated rings. The first-order valence-electron chi connectivity index (χ1n) is 4.97. The number of aromatic nitrogens is 2. The number of anilines is 1. The van der Waals surface area contributed by atoms with Gasteiger partial charge < -0.3 is 9.64 Å². The first-order chi connectivity index (χ1) is 7.40. The Hall–Kier alpha value is -1.76. The molecule has 0 atom stereocenters. The molecule has 1 aromatic heterocycles. The lowest BCUT2D eigenvalue weighted by Gasteiger charge is -2.19. The van der Waals surface area contributed by atoms with Crippen molar-refractivity contribution in [3.8, 4) is 17.6 Å². The molecule has 0 N–H and O–H groups in total. The van der Waals surface area contributed by atoms with Crippen LogP contribution in [0.25, 0.3) is 0 Å². The van der Waals surface area contributed by atoms with E-state index in [1.165, 1.54) is 0 Å². The van der Waals surface area contributed by atoms with Crippen molar-refractivity contribution in [3.05, 3.63) is 12.4 Å². The third kappa shape index (κ3) is 2.38. The van der Waals surface area contributed by atoms with E-state index in [0.717, 1.165) is 31.9 Å². The minimum atomic E-state index is 0.685. The molecule has 4 heteroatoms. The van der Waals surface area contributed by atoms with Crippen LogP contribution in [0.4, 0.5) is 5.95 Å². The van der Waals surface area contributed by atoms with Crippen LogP contribution in [0.15, 0.2) is 12.4 Å². The summed E-state index contributed by atoms with van der Waals surface area (Å²) in [6.45, 7) is 1.80. The fraction of sp³-hybridized carbons (Fsp3) is 0.455. The van der Waals surface area contributed by atoms with E-state index in [1.54, 1.807) is 19.5 Å². The largest absolute Gasteiger partial charge is 0.494 e. The zero-order valence-electron chi connectivity index (χ0n) is 8.73. The smallest absolute Gasteiger partial charge is 0.225 e. The lowest BCUT2D eigenvalue weighted by Crippen LogP contribution is -2.26. The van der Waals surface area contributed by atoms with Gasteiger partial charge in [-0.15, -0.1) is 11.8 Å². The van der Waals surface area contributed by atoms with Crippen molar-refractivity contribution in [2.45, 2.75) is 12.8 Å². The van der Waals surface area contributed by atoms with Gasteiger partial charge in [0.05, 0.1) is 19.5 Å². The van der Waals surface area contributed by atoms with Crippen molar-refractivity contribution in [2.24, 2.45) is 0 Å². The summed E-state index contributed by atoms with van der Waals surface area (Å²) in [6.07, 6.45) is 5.15. The minimum absolute atomic E-state index is 0.685. The molecular weight excluding hydrogens is 190 g/mol. The van der Waals surface area contributed by atoms with Crippen LogP contribution in [-0.4, -0.2) is 30.2 Å². The summed E-state index contributed by atoms with van der Waals surface area (Å²) in [5.74, 6) is 7.63. The molecule has 1 aliphatic heterocycles. The van der Waals surface area contributed by atoms with Gasteiger partial charge in [-0.3, -0.25) is 0 Å². The Kier molecular flexibility index (Phi) is 3.03. The maximum Gasteiger partial charge on any atom is 0.225 e. The highest BCUT2D eigenvalue weighted by atomic mass is 16.5. The quantitative estimate of drug-likeness (QED) is 0.674. The molecule has 78 valence electrons. The Bertz CT molecular complexity index is 365. The Labute approximate surface area is 89.3 Å². The van der Waals surface area contributed by atoms with E-state index in [2.05, 4.69) is 26.7 Å². The van der Waals surface area contributed by atoms with Gasteiger partial charge in [-0.05, 0) is 0 Å². The van der Waals surface area contributed by atoms with Gasteiger partial charge in [-0.1, -0.05) is 0 Å². The summed E-state index contributed by atoms with van der Waals surface area (Å²) in [4.78, 5) is 10.6. The van der Waals surface area contributed by atoms with E-state index < -0.39 is 0 Å². The van der Waals surface area contributed by atoms with E-state index in [1.807, 2.05) is 0 Å². The normalized spacial score (nSPS) is 15.1. The van der Waals surface area contributed by atoms with Crippen LogP contribution in [0.3, 0.4) is 0 Å². The van der Waals surface area contributed by atoms with Gasteiger partial charge >= 0.3 is 0 Å². The number of ether oxygens (including phenoxy) is 1. The lowest BCUT2D eigenvalue weighted by molar-refractivity contribution is 0.410. The van der Waals surface area contributed by atoms with E-state index in [4.69, 9.17) is 4.74 Å². The summed E-state index contributed by atoms with van der Waals surface area (Å²) in [6, 6.07) is 0. The molecule has 0 amide bonds. The lowest BCUT2D eigenvalue weighted by atomic mass is 10.4. The molecule has 1 aromatic rings. The van der Waals surface area contributed by atoms with Gasteiger partial charge in [0.25, 0.3) is 0 Å². The van der Waals surface area contributed by atoms with Crippen molar-refractivity contribution in [2.75, 3.05) is 25.1 Å². The summed E-state index contributed by atoms with van der Waals surface area (Å²) in [7, 11) is 1.61. The van der Waals surface area contributed by atoms with Crippen molar-refractivity contribution >= 4 is 5.95 Å². The molecule has 0 saturated heterocycles. The molecule has 0 saturated carbocycles. The number of nitrogens with zero attached hydrogens (tertiary/aromatic N) is 3. The molecule has 15 heavy (non-hydrogen) atoms. The second kappa shape index (κ2) is 4.65. The first kappa shape index (κ1) is 9.78. The van der Waals surface area contributed by atoms with Crippen LogP contribution in [0.2, 0.25) is 0 Å². The molecule has 0 unspecified atom stereocenters. The second-order valence-electron chi connectivity index (χ2n) is 3.26. The standard InChI is InChI=1S/C11H13N3O/c1-15-10-8-12-11(13-9-10)14-6-4-2-3-5-7-14/h8-9H,4-7H2,1H3. The Morgan fingerprint density at radius 3 is 2.33 bits per heavy atom. The van der Waals surface area contributed by atoms with Crippen molar-refractivity contribution in [1.29, 1.82) is 0 Å². The zero-order chi connectivity index (χ0) is 10.5. The third-order valence-electron chi connectivity index (χ3n) is 2.27. The molecule has 2 rings (SSSR count). The first-order valence-corrected chi connectivity index (χ1v) is 4.97. The summed E-state index contributed by atoms with van der Waals surface area (Å²) < 4.78 is 5.01. The molecule has 4 nitrogen and oxygen atoms in total. The van der Waals surface area contributed by atoms with Gasteiger partial charge in [0, 0.05) is 25.9 Å². The van der Waals surface area contributed by atoms with E-state index in [0.29, 0.717) is 5.75 Å². The maximum atomic E-state index is 5.01.